The molecule has 0 aliphatic carbocycles. The quantitative estimate of drug-likeness (QED) is 0.305. The molecule has 1 aromatic carbocycles. The minimum atomic E-state index is -0.374. The second-order valence-electron chi connectivity index (χ2n) is 5.66. The average Bonchev–Trinajstić information content (AvgIpc) is 2.69. The number of aliphatic hydroxyl groups is 1. The van der Waals surface area contributed by atoms with Crippen molar-refractivity contribution in [1.82, 2.24) is 0 Å². The molecule has 0 bridgehead atoms. The van der Waals surface area contributed by atoms with E-state index in [1.165, 1.54) is 0 Å². The summed E-state index contributed by atoms with van der Waals surface area (Å²) in [6.07, 6.45) is 13.5. The Morgan fingerprint density at radius 1 is 1.15 bits per heavy atom. The third-order valence-electron chi connectivity index (χ3n) is 3.34. The van der Waals surface area contributed by atoms with Crippen molar-refractivity contribution >= 4 is 5.97 Å². The topological polar surface area (TPSA) is 46.5 Å². The van der Waals surface area contributed by atoms with Crippen LogP contribution < -0.4 is 0 Å². The molecule has 0 radical (unpaired) electrons. The van der Waals surface area contributed by atoms with Gasteiger partial charge in [-0.1, -0.05) is 73.8 Å². The first kappa shape index (κ1) is 22.0. The van der Waals surface area contributed by atoms with Crippen LogP contribution in [0.5, 0.6) is 0 Å². The van der Waals surface area contributed by atoms with E-state index in [0.29, 0.717) is 25.0 Å². The number of aliphatic hydroxyl groups excluding tert-OH is 1. The smallest absolute Gasteiger partial charge is 0.338 e. The van der Waals surface area contributed by atoms with Gasteiger partial charge in [-0.15, -0.1) is 0 Å². The summed E-state index contributed by atoms with van der Waals surface area (Å²) < 4.78 is 5.17. The maximum atomic E-state index is 11.7. The monoisotopic (exact) mass is 362 g/mol. The zero-order chi connectivity index (χ0) is 19.6. The van der Waals surface area contributed by atoms with Gasteiger partial charge in [0.1, 0.15) is 0 Å². The van der Waals surface area contributed by atoms with Crippen LogP contribution in [0.2, 0.25) is 0 Å². The highest BCUT2D eigenvalue weighted by molar-refractivity contribution is 5.89. The summed E-state index contributed by atoms with van der Waals surface area (Å²) in [5.74, 6) is 10.9. The van der Waals surface area contributed by atoms with Crippen molar-refractivity contribution in [3.8, 4) is 23.7 Å². The van der Waals surface area contributed by atoms with Crippen molar-refractivity contribution < 1.29 is 14.6 Å². The molecule has 1 rings (SSSR count). The first-order valence-electron chi connectivity index (χ1n) is 9.12. The summed E-state index contributed by atoms with van der Waals surface area (Å²) in [6.45, 7) is 2.39. The summed E-state index contributed by atoms with van der Waals surface area (Å²) in [6, 6.07) is 8.92. The Labute approximate surface area is 162 Å². The second kappa shape index (κ2) is 15.3. The molecule has 0 heterocycles. The van der Waals surface area contributed by atoms with Gasteiger partial charge in [-0.25, -0.2) is 4.79 Å². The number of benzene rings is 1. The van der Waals surface area contributed by atoms with Gasteiger partial charge in [0, 0.05) is 6.42 Å². The number of rotatable bonds is 9. The van der Waals surface area contributed by atoms with Crippen molar-refractivity contribution in [2.24, 2.45) is 0 Å². The van der Waals surface area contributed by atoms with Gasteiger partial charge in [0.25, 0.3) is 0 Å². The molecular formula is C24H26O3. The Kier molecular flexibility index (Phi) is 12.5. The number of carbonyl (C=O) groups is 1. The number of unbranched alkanes of at least 4 members (excludes halogenated alkanes) is 1. The van der Waals surface area contributed by atoms with Gasteiger partial charge in [0.15, 0.2) is 0 Å². The third-order valence-corrected chi connectivity index (χ3v) is 3.34. The lowest BCUT2D eigenvalue weighted by atomic mass is 10.2. The van der Waals surface area contributed by atoms with Crippen LogP contribution in [0, 0.1) is 23.7 Å². The van der Waals surface area contributed by atoms with Gasteiger partial charge in [-0.2, -0.15) is 0 Å². The number of carbonyl (C=O) groups excluding carboxylic acids is 1. The molecule has 0 aliphatic heterocycles. The lowest BCUT2D eigenvalue weighted by molar-refractivity contribution is 0.0502. The van der Waals surface area contributed by atoms with E-state index in [9.17, 15) is 9.90 Å². The molecule has 1 N–H and O–H groups in total. The largest absolute Gasteiger partial charge is 0.462 e. The highest BCUT2D eigenvalue weighted by Gasteiger charge is 2.04. The fourth-order valence-electron chi connectivity index (χ4n) is 1.98. The molecule has 140 valence electrons. The number of hydrogen-bond donors (Lipinski definition) is 1. The molecule has 0 fully saturated rings. The number of allylic oxidation sites excluding steroid dienone is 5. The van der Waals surface area contributed by atoms with Crippen LogP contribution in [-0.2, 0) is 4.74 Å². The minimum absolute atomic E-state index is 0.309. The molecule has 0 aliphatic rings. The van der Waals surface area contributed by atoms with Crippen LogP contribution in [0.1, 0.15) is 43.0 Å². The van der Waals surface area contributed by atoms with Crippen LogP contribution in [-0.4, -0.2) is 23.8 Å². The Bertz CT molecular complexity index is 750. The van der Waals surface area contributed by atoms with Crippen LogP contribution in [0.4, 0.5) is 0 Å². The molecule has 1 unspecified atom stereocenters. The Balaban J connectivity index is 2.14. The van der Waals surface area contributed by atoms with E-state index in [1.54, 1.807) is 36.4 Å². The number of ether oxygens (including phenoxy) is 1. The van der Waals surface area contributed by atoms with Gasteiger partial charge in [-0.3, -0.25) is 0 Å². The fourth-order valence-corrected chi connectivity index (χ4v) is 1.98. The van der Waals surface area contributed by atoms with Crippen molar-refractivity contribution in [2.75, 3.05) is 6.61 Å². The lowest BCUT2D eigenvalue weighted by Gasteiger charge is -2.02. The molecule has 27 heavy (non-hydrogen) atoms. The van der Waals surface area contributed by atoms with Crippen molar-refractivity contribution in [3.63, 3.8) is 0 Å². The molecule has 0 spiro atoms. The van der Waals surface area contributed by atoms with Crippen LogP contribution in [0.25, 0.3) is 0 Å². The first-order chi connectivity index (χ1) is 13.2. The van der Waals surface area contributed by atoms with Crippen LogP contribution in [0.15, 0.2) is 66.8 Å². The maximum Gasteiger partial charge on any atom is 0.338 e. The normalized spacial score (nSPS) is 11.8. The van der Waals surface area contributed by atoms with Gasteiger partial charge in [0.05, 0.1) is 18.3 Å². The van der Waals surface area contributed by atoms with E-state index in [4.69, 9.17) is 4.74 Å². The molecule has 1 atom stereocenters. The number of hydrogen-bond acceptors (Lipinski definition) is 3. The molecule has 0 amide bonds. The van der Waals surface area contributed by atoms with Gasteiger partial charge >= 0.3 is 5.97 Å². The van der Waals surface area contributed by atoms with E-state index in [0.717, 1.165) is 12.8 Å². The van der Waals surface area contributed by atoms with E-state index in [-0.39, 0.29) is 12.1 Å². The zero-order valence-corrected chi connectivity index (χ0v) is 15.7. The predicted molar refractivity (Wildman–Crippen MR) is 110 cm³/mol. The highest BCUT2D eigenvalue weighted by Crippen LogP contribution is 2.01. The lowest BCUT2D eigenvalue weighted by Crippen LogP contribution is -2.05. The Morgan fingerprint density at radius 3 is 2.70 bits per heavy atom. The Hall–Kier alpha value is -3.01. The first-order valence-corrected chi connectivity index (χ1v) is 9.12. The fraction of sp³-hybridized carbons (Fsp3) is 0.292. The zero-order valence-electron chi connectivity index (χ0n) is 15.7. The van der Waals surface area contributed by atoms with E-state index in [1.807, 2.05) is 37.3 Å². The second-order valence-corrected chi connectivity index (χ2v) is 5.66. The molecule has 0 saturated heterocycles. The summed E-state index contributed by atoms with van der Waals surface area (Å²) in [5.41, 5.74) is 0.558. The molecule has 0 saturated carbocycles. The van der Waals surface area contributed by atoms with E-state index < -0.39 is 0 Å². The van der Waals surface area contributed by atoms with E-state index >= 15 is 0 Å². The average molecular weight is 362 g/mol. The summed E-state index contributed by atoms with van der Waals surface area (Å²) in [4.78, 5) is 11.7. The van der Waals surface area contributed by atoms with Crippen molar-refractivity contribution in [3.05, 3.63) is 72.4 Å². The molecule has 3 heteroatoms. The van der Waals surface area contributed by atoms with Gasteiger partial charge in [0.2, 0.25) is 0 Å². The molecule has 1 aromatic rings. The van der Waals surface area contributed by atoms with Gasteiger partial charge in [-0.05, 0) is 42.9 Å². The summed E-state index contributed by atoms with van der Waals surface area (Å²) >= 11 is 0. The maximum absolute atomic E-state index is 11.7. The SMILES string of the molecule is CCCC(O)/C=C/C=C/C=C/C#CC#CCCCOC(=O)c1ccccc1. The highest BCUT2D eigenvalue weighted by atomic mass is 16.5. The standard InChI is InChI=1S/C24H26O3/c1-2-17-23(25)20-15-10-8-6-4-3-5-7-9-11-16-21-27-24(26)22-18-13-12-14-19-22/h4,6,8,10,12-15,18-20,23,25H,2,11,16-17,21H2,1H3/b6-4+,10-8+,20-15+. The molecular weight excluding hydrogens is 336 g/mol. The van der Waals surface area contributed by atoms with E-state index in [2.05, 4.69) is 23.7 Å². The predicted octanol–water partition coefficient (Wildman–Crippen LogP) is 4.46. The number of esters is 1. The third kappa shape index (κ3) is 12.1. The molecule has 3 nitrogen and oxygen atoms in total. The minimum Gasteiger partial charge on any atom is -0.462 e. The van der Waals surface area contributed by atoms with Crippen molar-refractivity contribution in [1.29, 1.82) is 0 Å². The van der Waals surface area contributed by atoms with Gasteiger partial charge < -0.3 is 9.84 Å². The Morgan fingerprint density at radius 2 is 1.93 bits per heavy atom. The van der Waals surface area contributed by atoms with Crippen molar-refractivity contribution in [2.45, 2.75) is 38.7 Å². The van der Waals surface area contributed by atoms with Crippen LogP contribution >= 0.6 is 0 Å². The summed E-state index contributed by atoms with van der Waals surface area (Å²) in [5, 5.41) is 9.50. The van der Waals surface area contributed by atoms with Crippen LogP contribution in [0.3, 0.4) is 0 Å². The summed E-state index contributed by atoms with van der Waals surface area (Å²) in [7, 11) is 0. The molecule has 0 aromatic heterocycles.